The highest BCUT2D eigenvalue weighted by atomic mass is 16.5. The fourth-order valence-electron chi connectivity index (χ4n) is 1.76. The lowest BCUT2D eigenvalue weighted by Gasteiger charge is -2.05. The maximum absolute atomic E-state index is 5.69. The first kappa shape index (κ1) is 14.2. The van der Waals surface area contributed by atoms with E-state index in [0.717, 1.165) is 24.3 Å². The van der Waals surface area contributed by atoms with E-state index in [-0.39, 0.29) is 0 Å². The van der Waals surface area contributed by atoms with E-state index in [1.165, 1.54) is 19.3 Å². The van der Waals surface area contributed by atoms with Crippen LogP contribution >= 0.6 is 0 Å². The normalized spacial score (nSPS) is 11.1. The average Bonchev–Trinajstić information content (AvgIpc) is 2.99. The van der Waals surface area contributed by atoms with E-state index in [2.05, 4.69) is 22.2 Å². The van der Waals surface area contributed by atoms with Crippen molar-refractivity contribution in [3.63, 3.8) is 0 Å². The van der Waals surface area contributed by atoms with Gasteiger partial charge in [-0.15, -0.1) is 10.2 Å². The fraction of sp³-hybridized carbons (Fsp3) is 0.400. The van der Waals surface area contributed by atoms with Crippen LogP contribution in [0, 0.1) is 0 Å². The van der Waals surface area contributed by atoms with E-state index >= 15 is 0 Å². The predicted molar refractivity (Wildman–Crippen MR) is 79.1 cm³/mol. The molecule has 0 aliphatic heterocycles. The molecule has 20 heavy (non-hydrogen) atoms. The maximum atomic E-state index is 5.69. The molecule has 0 bridgehead atoms. The summed E-state index contributed by atoms with van der Waals surface area (Å²) in [6.07, 6.45) is 9.73. The Labute approximate surface area is 119 Å². The van der Waals surface area contributed by atoms with Crippen molar-refractivity contribution >= 4 is 6.21 Å². The monoisotopic (exact) mass is 272 g/mol. The third kappa shape index (κ3) is 4.84. The van der Waals surface area contributed by atoms with E-state index in [0.29, 0.717) is 0 Å². The summed E-state index contributed by atoms with van der Waals surface area (Å²) >= 11 is 0. The molecule has 106 valence electrons. The van der Waals surface area contributed by atoms with Gasteiger partial charge in [-0.05, 0) is 36.2 Å². The largest absolute Gasteiger partial charge is 0.494 e. The molecule has 0 spiro atoms. The quantitative estimate of drug-likeness (QED) is 0.548. The van der Waals surface area contributed by atoms with Crippen LogP contribution < -0.4 is 4.74 Å². The first-order chi connectivity index (χ1) is 9.88. The van der Waals surface area contributed by atoms with E-state index in [1.807, 2.05) is 24.3 Å². The summed E-state index contributed by atoms with van der Waals surface area (Å²) in [4.78, 5) is 0. The molecule has 0 amide bonds. The van der Waals surface area contributed by atoms with Gasteiger partial charge in [0, 0.05) is 0 Å². The molecule has 5 nitrogen and oxygen atoms in total. The Kier molecular flexibility index (Phi) is 5.76. The van der Waals surface area contributed by atoms with Crippen LogP contribution in [0.25, 0.3) is 0 Å². The van der Waals surface area contributed by atoms with E-state index in [1.54, 1.807) is 23.5 Å². The molecular formula is C15H20N4O. The number of hydrogen-bond acceptors (Lipinski definition) is 4. The Balaban J connectivity index is 1.78. The lowest BCUT2D eigenvalue weighted by Crippen LogP contribution is -1.97. The van der Waals surface area contributed by atoms with Gasteiger partial charge in [0.15, 0.2) is 0 Å². The van der Waals surface area contributed by atoms with Crippen LogP contribution in [0.1, 0.15) is 38.2 Å². The van der Waals surface area contributed by atoms with Crippen LogP contribution in [0.2, 0.25) is 0 Å². The molecule has 2 rings (SSSR count). The molecule has 0 saturated heterocycles. The zero-order valence-corrected chi connectivity index (χ0v) is 11.8. The standard InChI is InChI=1S/C15H20N4O/c1-2-3-4-5-10-20-15-8-6-14(7-9-15)11-18-19-12-16-17-13-19/h6-9,11-13H,2-5,10H2,1H3/b18-11+. The third-order valence-corrected chi connectivity index (χ3v) is 2.89. The molecule has 1 aromatic carbocycles. The highest BCUT2D eigenvalue weighted by Crippen LogP contribution is 2.12. The molecule has 0 unspecified atom stereocenters. The zero-order valence-electron chi connectivity index (χ0n) is 11.8. The lowest BCUT2D eigenvalue weighted by atomic mass is 10.2. The minimum atomic E-state index is 0.786. The molecule has 0 radical (unpaired) electrons. The molecular weight excluding hydrogens is 252 g/mol. The molecule has 0 aliphatic rings. The van der Waals surface area contributed by atoms with Crippen molar-refractivity contribution in [2.24, 2.45) is 5.10 Å². The number of hydrogen-bond donors (Lipinski definition) is 0. The van der Waals surface area contributed by atoms with Gasteiger partial charge in [0.1, 0.15) is 18.4 Å². The second-order valence-electron chi connectivity index (χ2n) is 4.56. The SMILES string of the molecule is CCCCCCOc1ccc(/C=N/n2cnnc2)cc1. The summed E-state index contributed by atoms with van der Waals surface area (Å²) in [7, 11) is 0. The number of rotatable bonds is 8. The number of aromatic nitrogens is 3. The van der Waals surface area contributed by atoms with Gasteiger partial charge >= 0.3 is 0 Å². The number of nitrogens with zero attached hydrogens (tertiary/aromatic N) is 4. The Bertz CT molecular complexity index is 505. The Morgan fingerprint density at radius 3 is 2.55 bits per heavy atom. The van der Waals surface area contributed by atoms with Gasteiger partial charge in [-0.2, -0.15) is 5.10 Å². The first-order valence-corrected chi connectivity index (χ1v) is 7.00. The molecule has 5 heteroatoms. The molecule has 0 N–H and O–H groups in total. The molecule has 0 fully saturated rings. The van der Waals surface area contributed by atoms with Crippen molar-refractivity contribution < 1.29 is 4.74 Å². The first-order valence-electron chi connectivity index (χ1n) is 7.00. The van der Waals surface area contributed by atoms with Crippen molar-refractivity contribution in [3.8, 4) is 5.75 Å². The van der Waals surface area contributed by atoms with Crippen LogP contribution in [-0.4, -0.2) is 27.7 Å². The summed E-state index contributed by atoms with van der Waals surface area (Å²) in [6.45, 7) is 3.00. The summed E-state index contributed by atoms with van der Waals surface area (Å²) in [5.41, 5.74) is 1.01. The van der Waals surface area contributed by atoms with Crippen molar-refractivity contribution in [1.29, 1.82) is 0 Å². The van der Waals surface area contributed by atoms with Gasteiger partial charge in [0.25, 0.3) is 0 Å². The number of ether oxygens (including phenoxy) is 1. The van der Waals surface area contributed by atoms with Crippen molar-refractivity contribution in [3.05, 3.63) is 42.5 Å². The van der Waals surface area contributed by atoms with Crippen molar-refractivity contribution in [2.75, 3.05) is 6.61 Å². The summed E-state index contributed by atoms with van der Waals surface area (Å²) in [5, 5.41) is 11.6. The minimum Gasteiger partial charge on any atom is -0.494 e. The smallest absolute Gasteiger partial charge is 0.141 e. The molecule has 0 atom stereocenters. The Hall–Kier alpha value is -2.17. The summed E-state index contributed by atoms with van der Waals surface area (Å²) in [6, 6.07) is 7.89. The number of unbranched alkanes of at least 4 members (excludes halogenated alkanes) is 3. The molecule has 2 aromatic rings. The van der Waals surface area contributed by atoms with Crippen LogP contribution in [0.15, 0.2) is 42.0 Å². The van der Waals surface area contributed by atoms with Crippen LogP contribution in [0.5, 0.6) is 5.75 Å². The van der Waals surface area contributed by atoms with Gasteiger partial charge in [-0.3, -0.25) is 0 Å². The van der Waals surface area contributed by atoms with Gasteiger partial charge in [0.2, 0.25) is 0 Å². The predicted octanol–water partition coefficient (Wildman–Crippen LogP) is 3.12. The van der Waals surface area contributed by atoms with Gasteiger partial charge in [-0.1, -0.05) is 26.2 Å². The van der Waals surface area contributed by atoms with Crippen LogP contribution in [0.4, 0.5) is 0 Å². The van der Waals surface area contributed by atoms with Gasteiger partial charge < -0.3 is 4.74 Å². The minimum absolute atomic E-state index is 0.786. The Morgan fingerprint density at radius 1 is 1.10 bits per heavy atom. The van der Waals surface area contributed by atoms with Crippen molar-refractivity contribution in [1.82, 2.24) is 14.9 Å². The second kappa shape index (κ2) is 8.09. The van der Waals surface area contributed by atoms with Gasteiger partial charge in [-0.25, -0.2) is 4.68 Å². The summed E-state index contributed by atoms with van der Waals surface area (Å²) in [5.74, 6) is 0.906. The lowest BCUT2D eigenvalue weighted by molar-refractivity contribution is 0.305. The molecule has 0 aliphatic carbocycles. The van der Waals surface area contributed by atoms with Crippen LogP contribution in [-0.2, 0) is 0 Å². The highest BCUT2D eigenvalue weighted by molar-refractivity contribution is 5.79. The third-order valence-electron chi connectivity index (χ3n) is 2.89. The van der Waals surface area contributed by atoms with Gasteiger partial charge in [0.05, 0.1) is 12.8 Å². The van der Waals surface area contributed by atoms with E-state index in [4.69, 9.17) is 4.74 Å². The maximum Gasteiger partial charge on any atom is 0.141 e. The number of benzene rings is 1. The molecule has 1 heterocycles. The summed E-state index contributed by atoms with van der Waals surface area (Å²) < 4.78 is 7.24. The topological polar surface area (TPSA) is 52.3 Å². The van der Waals surface area contributed by atoms with Crippen LogP contribution in [0.3, 0.4) is 0 Å². The van der Waals surface area contributed by atoms with Crippen molar-refractivity contribution in [2.45, 2.75) is 32.6 Å². The molecule has 0 saturated carbocycles. The molecule has 1 aromatic heterocycles. The highest BCUT2D eigenvalue weighted by Gasteiger charge is 1.94. The average molecular weight is 272 g/mol. The fourth-order valence-corrected chi connectivity index (χ4v) is 1.76. The zero-order chi connectivity index (χ0) is 14.0. The van der Waals surface area contributed by atoms with E-state index < -0.39 is 0 Å². The second-order valence-corrected chi connectivity index (χ2v) is 4.56. The Morgan fingerprint density at radius 2 is 1.85 bits per heavy atom. The van der Waals surface area contributed by atoms with E-state index in [9.17, 15) is 0 Å².